The molecule has 140 valence electrons. The summed E-state index contributed by atoms with van der Waals surface area (Å²) >= 11 is 0. The van der Waals surface area contributed by atoms with Crippen molar-refractivity contribution in [1.82, 2.24) is 0 Å². The lowest BCUT2D eigenvalue weighted by molar-refractivity contribution is -0.384. The van der Waals surface area contributed by atoms with E-state index >= 15 is 0 Å². The Labute approximate surface area is 163 Å². The number of nitro groups is 1. The van der Waals surface area contributed by atoms with E-state index in [2.05, 4.69) is 38.1 Å². The third kappa shape index (κ3) is 1.91. The molecule has 5 nitrogen and oxygen atoms in total. The second-order valence-corrected chi connectivity index (χ2v) is 7.94. The lowest BCUT2D eigenvalue weighted by Gasteiger charge is -2.45. The van der Waals surface area contributed by atoms with E-state index < -0.39 is 11.1 Å². The highest BCUT2D eigenvalue weighted by molar-refractivity contribution is 5.94. The third-order valence-electron chi connectivity index (χ3n) is 6.29. The number of likely N-dealkylation sites (N-methyl/N-ethyl adjacent to an activating group) is 1. The first-order chi connectivity index (χ1) is 13.4. The molecule has 5 rings (SSSR count). The minimum Gasteiger partial charge on any atom is -0.463 e. The lowest BCUT2D eigenvalue weighted by atomic mass is 9.76. The Morgan fingerprint density at radius 1 is 1.04 bits per heavy atom. The maximum Gasteiger partial charge on any atom is 0.292 e. The van der Waals surface area contributed by atoms with E-state index in [9.17, 15) is 10.1 Å². The van der Waals surface area contributed by atoms with Gasteiger partial charge in [0.15, 0.2) is 0 Å². The minimum absolute atomic E-state index is 0.103. The largest absolute Gasteiger partial charge is 0.463 e. The molecule has 0 aliphatic carbocycles. The topological polar surface area (TPSA) is 55.6 Å². The van der Waals surface area contributed by atoms with Gasteiger partial charge in [-0.3, -0.25) is 10.1 Å². The molecule has 1 unspecified atom stereocenters. The van der Waals surface area contributed by atoms with E-state index in [1.165, 1.54) is 0 Å². The molecule has 0 radical (unpaired) electrons. The Balaban J connectivity index is 1.72. The van der Waals surface area contributed by atoms with Crippen LogP contribution in [0.3, 0.4) is 0 Å². The Kier molecular flexibility index (Phi) is 3.21. The molecule has 1 atom stereocenters. The first-order valence-corrected chi connectivity index (χ1v) is 9.28. The maximum atomic E-state index is 11.7. The van der Waals surface area contributed by atoms with Crippen LogP contribution in [0.15, 0.2) is 60.7 Å². The number of anilines is 1. The number of para-hydroxylation sites is 1. The summed E-state index contributed by atoms with van der Waals surface area (Å²) in [5.74, 6) is 0.789. The zero-order chi connectivity index (χ0) is 19.7. The van der Waals surface area contributed by atoms with Gasteiger partial charge in [-0.25, -0.2) is 0 Å². The van der Waals surface area contributed by atoms with Gasteiger partial charge in [0.25, 0.3) is 5.69 Å². The molecule has 2 aliphatic heterocycles. The number of fused-ring (bicyclic) bond motifs is 4. The van der Waals surface area contributed by atoms with Gasteiger partial charge in [-0.1, -0.05) is 42.5 Å². The Morgan fingerprint density at radius 3 is 2.61 bits per heavy atom. The first kappa shape index (κ1) is 16.8. The van der Waals surface area contributed by atoms with Crippen LogP contribution < -0.4 is 9.64 Å². The van der Waals surface area contributed by atoms with Crippen molar-refractivity contribution in [2.45, 2.75) is 25.0 Å². The smallest absolute Gasteiger partial charge is 0.292 e. The molecule has 1 spiro atoms. The van der Waals surface area contributed by atoms with Crippen molar-refractivity contribution >= 4 is 28.2 Å². The third-order valence-corrected chi connectivity index (χ3v) is 6.29. The fourth-order valence-corrected chi connectivity index (χ4v) is 4.76. The van der Waals surface area contributed by atoms with E-state index in [0.717, 1.165) is 27.6 Å². The van der Waals surface area contributed by atoms with Crippen LogP contribution >= 0.6 is 0 Å². The van der Waals surface area contributed by atoms with Crippen LogP contribution in [-0.4, -0.2) is 17.7 Å². The molecule has 28 heavy (non-hydrogen) atoms. The van der Waals surface area contributed by atoms with Crippen molar-refractivity contribution in [2.75, 3.05) is 11.9 Å². The summed E-state index contributed by atoms with van der Waals surface area (Å²) in [6, 6.07) is 17.5. The summed E-state index contributed by atoms with van der Waals surface area (Å²) in [5.41, 5.74) is 1.36. The van der Waals surface area contributed by atoms with Crippen molar-refractivity contribution in [3.05, 3.63) is 81.9 Å². The van der Waals surface area contributed by atoms with Crippen molar-refractivity contribution in [3.8, 4) is 5.75 Å². The summed E-state index contributed by atoms with van der Waals surface area (Å²) in [6.45, 7) is 4.16. The summed E-state index contributed by atoms with van der Waals surface area (Å²) in [5, 5.41) is 13.9. The van der Waals surface area contributed by atoms with E-state index in [0.29, 0.717) is 5.69 Å². The number of ether oxygens (including phenoxy) is 1. The Bertz CT molecular complexity index is 1180. The second-order valence-electron chi connectivity index (χ2n) is 7.94. The van der Waals surface area contributed by atoms with Gasteiger partial charge in [0.2, 0.25) is 5.72 Å². The highest BCUT2D eigenvalue weighted by Gasteiger charge is 2.59. The van der Waals surface area contributed by atoms with Gasteiger partial charge in [-0.15, -0.1) is 0 Å². The van der Waals surface area contributed by atoms with Crippen molar-refractivity contribution in [1.29, 1.82) is 0 Å². The van der Waals surface area contributed by atoms with E-state index in [1.807, 2.05) is 42.3 Å². The fourth-order valence-electron chi connectivity index (χ4n) is 4.76. The van der Waals surface area contributed by atoms with Gasteiger partial charge in [0.05, 0.1) is 10.3 Å². The Morgan fingerprint density at radius 2 is 1.82 bits per heavy atom. The molecule has 0 N–H and O–H groups in total. The fraction of sp³-hybridized carbons (Fsp3) is 0.217. The molecule has 2 heterocycles. The molecule has 0 saturated carbocycles. The average molecular weight is 372 g/mol. The molecule has 3 aromatic carbocycles. The molecular formula is C23H20N2O3. The number of nitro benzene ring substituents is 1. The number of rotatable bonds is 1. The molecule has 2 aliphatic rings. The highest BCUT2D eigenvalue weighted by atomic mass is 16.6. The molecule has 0 amide bonds. The van der Waals surface area contributed by atoms with Crippen LogP contribution in [0.4, 0.5) is 11.4 Å². The maximum absolute atomic E-state index is 11.7. The van der Waals surface area contributed by atoms with Crippen molar-refractivity contribution in [3.63, 3.8) is 0 Å². The lowest BCUT2D eigenvalue weighted by Crippen LogP contribution is -2.58. The quantitative estimate of drug-likeness (QED) is 0.431. The van der Waals surface area contributed by atoms with Crippen LogP contribution in [0.25, 0.3) is 16.8 Å². The van der Waals surface area contributed by atoms with Crippen LogP contribution in [0, 0.1) is 10.1 Å². The summed E-state index contributed by atoms with van der Waals surface area (Å²) < 4.78 is 6.65. The summed E-state index contributed by atoms with van der Waals surface area (Å²) in [4.78, 5) is 13.2. The van der Waals surface area contributed by atoms with Gasteiger partial charge in [-0.2, -0.15) is 0 Å². The molecular weight excluding hydrogens is 352 g/mol. The van der Waals surface area contributed by atoms with Crippen LogP contribution in [-0.2, 0) is 5.41 Å². The van der Waals surface area contributed by atoms with Gasteiger partial charge < -0.3 is 9.64 Å². The predicted molar refractivity (Wildman–Crippen MR) is 111 cm³/mol. The molecule has 0 saturated heterocycles. The average Bonchev–Trinajstić information content (AvgIpc) is 2.86. The first-order valence-electron chi connectivity index (χ1n) is 9.28. The Hall–Kier alpha value is -3.34. The van der Waals surface area contributed by atoms with Crippen LogP contribution in [0.5, 0.6) is 5.75 Å². The van der Waals surface area contributed by atoms with E-state index in [1.54, 1.807) is 12.1 Å². The van der Waals surface area contributed by atoms with Gasteiger partial charge >= 0.3 is 0 Å². The van der Waals surface area contributed by atoms with Crippen molar-refractivity contribution in [2.24, 2.45) is 0 Å². The number of hydrogen-bond acceptors (Lipinski definition) is 4. The summed E-state index contributed by atoms with van der Waals surface area (Å²) in [6.07, 6.45) is 4.14. The highest BCUT2D eigenvalue weighted by Crippen LogP contribution is 2.57. The standard InChI is InChI=1S/C23H20N2O3/c1-22(2)18-9-6-10-19(25(26)27)21(18)24(3)23(22)14-13-17-16-8-5-4-7-15(16)11-12-20(17)28-23/h4-14H,1-3H3. The zero-order valence-electron chi connectivity index (χ0n) is 16.0. The van der Waals surface area contributed by atoms with Gasteiger partial charge in [-0.05, 0) is 48.4 Å². The van der Waals surface area contributed by atoms with Crippen molar-refractivity contribution < 1.29 is 9.66 Å². The van der Waals surface area contributed by atoms with Crippen LogP contribution in [0.1, 0.15) is 25.0 Å². The van der Waals surface area contributed by atoms with Gasteiger partial charge in [0, 0.05) is 18.7 Å². The van der Waals surface area contributed by atoms with E-state index in [4.69, 9.17) is 4.74 Å². The minimum atomic E-state index is -0.836. The number of benzene rings is 3. The predicted octanol–water partition coefficient (Wildman–Crippen LogP) is 5.28. The molecule has 3 aromatic rings. The zero-order valence-corrected chi connectivity index (χ0v) is 16.0. The molecule has 5 heteroatoms. The number of hydrogen-bond donors (Lipinski definition) is 0. The van der Waals surface area contributed by atoms with Gasteiger partial charge in [0.1, 0.15) is 11.4 Å². The normalized spacial score (nSPS) is 21.5. The molecule has 0 bridgehead atoms. The molecule has 0 aromatic heterocycles. The van der Waals surface area contributed by atoms with E-state index in [-0.39, 0.29) is 10.6 Å². The second kappa shape index (κ2) is 5.35. The SMILES string of the molecule is CN1c2c([N+](=O)[O-])cccc2C(C)(C)C12C=Cc1c(ccc3ccccc13)O2. The molecule has 0 fully saturated rings. The monoisotopic (exact) mass is 372 g/mol. The number of nitrogens with zero attached hydrogens (tertiary/aromatic N) is 2. The van der Waals surface area contributed by atoms with Crippen LogP contribution in [0.2, 0.25) is 0 Å². The summed E-state index contributed by atoms with van der Waals surface area (Å²) in [7, 11) is 1.87.